The van der Waals surface area contributed by atoms with Crippen LogP contribution in [0.4, 0.5) is 0 Å². The molecule has 3 rings (SSSR count). The summed E-state index contributed by atoms with van der Waals surface area (Å²) in [7, 11) is -7.07. The topological polar surface area (TPSA) is 187 Å². The van der Waals surface area contributed by atoms with Gasteiger partial charge in [-0.15, -0.1) is 0 Å². The number of imidazole rings is 1. The first kappa shape index (κ1) is 40.6. The molecule has 0 saturated heterocycles. The van der Waals surface area contributed by atoms with Crippen LogP contribution in [0.1, 0.15) is 96.7 Å². The van der Waals surface area contributed by atoms with E-state index in [1.165, 1.54) is 6.33 Å². The lowest BCUT2D eigenvalue weighted by atomic mass is 9.83. The molecular weight excluding hydrogens is 667 g/mol. The van der Waals surface area contributed by atoms with E-state index in [1.54, 1.807) is 33.9 Å². The Kier molecular flexibility index (Phi) is 15.7. The lowest BCUT2D eigenvalue weighted by Gasteiger charge is -2.32. The third-order valence-corrected chi connectivity index (χ3v) is 13.5. The van der Waals surface area contributed by atoms with E-state index in [2.05, 4.69) is 25.3 Å². The van der Waals surface area contributed by atoms with Crippen molar-refractivity contribution >= 4 is 31.7 Å². The minimum absolute atomic E-state index is 0.0351. The van der Waals surface area contributed by atoms with E-state index < -0.39 is 60.5 Å². The smallest absolute Gasteiger partial charge is 0.243 e. The maximum Gasteiger partial charge on any atom is 0.243 e. The number of rotatable bonds is 20. The Morgan fingerprint density at radius 2 is 1.69 bits per heavy atom. The fourth-order valence-electron chi connectivity index (χ4n) is 6.21. The molecule has 1 fully saturated rings. The predicted molar refractivity (Wildman–Crippen MR) is 192 cm³/mol. The number of benzene rings is 1. The largest absolute Gasteiger partial charge is 0.391 e. The van der Waals surface area contributed by atoms with Crippen molar-refractivity contribution in [2.24, 2.45) is 11.8 Å². The van der Waals surface area contributed by atoms with Crippen LogP contribution in [0, 0.1) is 11.8 Å². The van der Waals surface area contributed by atoms with Gasteiger partial charge >= 0.3 is 0 Å². The average Bonchev–Trinajstić information content (AvgIpc) is 3.55. The van der Waals surface area contributed by atoms with Gasteiger partial charge in [0.15, 0.2) is 9.84 Å². The quantitative estimate of drug-likeness (QED) is 0.129. The fourth-order valence-corrected chi connectivity index (χ4v) is 8.65. The van der Waals surface area contributed by atoms with E-state index in [0.717, 1.165) is 37.7 Å². The number of aliphatic hydroxyl groups is 1. The maximum atomic E-state index is 14.0. The van der Waals surface area contributed by atoms with Gasteiger partial charge in [-0.1, -0.05) is 69.4 Å². The first-order chi connectivity index (χ1) is 23.1. The SMILES string of the molecule is CCCS(=O)(=O)NCCC[C@H](O)[C@H](CC1CCCCC1)NC(=O)[C@H](Cc1c[nH]cn1)NC(=O)C(Cc1ccccc1)CS(=O)(=O)C(C)(C)C. The number of aliphatic hydroxyl groups excluding tert-OH is 1. The summed E-state index contributed by atoms with van der Waals surface area (Å²) < 4.78 is 52.3. The molecule has 12 nitrogen and oxygen atoms in total. The standard InChI is InChI=1S/C35H57N5O7S2/c1-5-19-49(46,47)38-18-12-17-32(41)30(21-27-15-10-7-11-16-27)39-34(43)31(22-29-23-36-25-37-29)40-33(42)28(20-26-13-8-6-9-14-26)24-48(44,45)35(2,3)4/h6,8-9,13-14,23,25,27-28,30-32,38,41H,5,7,10-12,15-22,24H2,1-4H3,(H,36,37)(H,39,43)(H,40,42)/t28?,30-,31-,32-/m0/s1. The highest BCUT2D eigenvalue weighted by Crippen LogP contribution is 2.29. The summed E-state index contributed by atoms with van der Waals surface area (Å²) in [5.74, 6) is -2.06. The number of carbonyl (C=O) groups is 2. The molecule has 1 aliphatic rings. The van der Waals surface area contributed by atoms with Crippen molar-refractivity contribution in [3.63, 3.8) is 0 Å². The third kappa shape index (κ3) is 13.8. The number of nitrogens with zero attached hydrogens (tertiary/aromatic N) is 1. The second-order valence-corrected chi connectivity index (χ2v) is 19.1. The Balaban J connectivity index is 1.81. The van der Waals surface area contributed by atoms with Crippen molar-refractivity contribution < 1.29 is 31.5 Å². The van der Waals surface area contributed by atoms with E-state index in [4.69, 9.17) is 0 Å². The first-order valence-corrected chi connectivity index (χ1v) is 20.9. The zero-order valence-electron chi connectivity index (χ0n) is 29.5. The Morgan fingerprint density at radius 1 is 1.00 bits per heavy atom. The number of sulfone groups is 1. The molecule has 0 radical (unpaired) electrons. The number of H-pyrrole nitrogens is 1. The molecule has 0 bridgehead atoms. The molecule has 1 aliphatic carbocycles. The van der Waals surface area contributed by atoms with Gasteiger partial charge in [0.2, 0.25) is 21.8 Å². The Bertz CT molecular complexity index is 1500. The predicted octanol–water partition coefficient (Wildman–Crippen LogP) is 3.43. The molecule has 14 heteroatoms. The number of nitrogens with one attached hydrogen (secondary N) is 4. The summed E-state index contributed by atoms with van der Waals surface area (Å²) in [6.07, 6.45) is 9.41. The molecule has 0 aliphatic heterocycles. The van der Waals surface area contributed by atoms with Crippen molar-refractivity contribution in [3.8, 4) is 0 Å². The molecule has 4 atom stereocenters. The third-order valence-electron chi connectivity index (χ3n) is 9.23. The first-order valence-electron chi connectivity index (χ1n) is 17.6. The van der Waals surface area contributed by atoms with Crippen LogP contribution in [0.15, 0.2) is 42.9 Å². The van der Waals surface area contributed by atoms with Crippen LogP contribution in [0.25, 0.3) is 0 Å². The molecule has 5 N–H and O–H groups in total. The normalized spacial score (nSPS) is 17.2. The van der Waals surface area contributed by atoms with Gasteiger partial charge < -0.3 is 20.7 Å². The highest BCUT2D eigenvalue weighted by atomic mass is 32.2. The van der Waals surface area contributed by atoms with Crippen LogP contribution in [0.2, 0.25) is 0 Å². The van der Waals surface area contributed by atoms with Crippen LogP contribution in [-0.2, 0) is 42.3 Å². The summed E-state index contributed by atoms with van der Waals surface area (Å²) in [6.45, 7) is 6.78. The lowest BCUT2D eigenvalue weighted by Crippen LogP contribution is -2.55. The minimum Gasteiger partial charge on any atom is -0.391 e. The number of aromatic nitrogens is 2. The monoisotopic (exact) mass is 723 g/mol. The van der Waals surface area contributed by atoms with Crippen molar-refractivity contribution in [1.29, 1.82) is 0 Å². The van der Waals surface area contributed by atoms with Crippen LogP contribution in [0.3, 0.4) is 0 Å². The average molecular weight is 724 g/mol. The highest BCUT2D eigenvalue weighted by molar-refractivity contribution is 7.92. The molecule has 1 saturated carbocycles. The molecule has 1 aromatic heterocycles. The molecule has 1 aromatic carbocycles. The van der Waals surface area contributed by atoms with Crippen molar-refractivity contribution in [3.05, 3.63) is 54.1 Å². The second-order valence-electron chi connectivity index (χ2n) is 14.4. The molecule has 276 valence electrons. The zero-order chi connectivity index (χ0) is 36.1. The summed E-state index contributed by atoms with van der Waals surface area (Å²) in [4.78, 5) is 35.1. The molecule has 49 heavy (non-hydrogen) atoms. The molecule has 1 unspecified atom stereocenters. The van der Waals surface area contributed by atoms with E-state index in [1.807, 2.05) is 30.3 Å². The van der Waals surface area contributed by atoms with E-state index in [0.29, 0.717) is 30.9 Å². The summed E-state index contributed by atoms with van der Waals surface area (Å²) in [5.41, 5.74) is 1.33. The lowest BCUT2D eigenvalue weighted by molar-refractivity contribution is -0.131. The van der Waals surface area contributed by atoms with Crippen LogP contribution >= 0.6 is 0 Å². The minimum atomic E-state index is -3.69. The molecule has 1 heterocycles. The Morgan fingerprint density at radius 3 is 2.31 bits per heavy atom. The highest BCUT2D eigenvalue weighted by Gasteiger charge is 2.36. The zero-order valence-corrected chi connectivity index (χ0v) is 31.1. The van der Waals surface area contributed by atoms with Gasteiger partial charge in [0.25, 0.3) is 0 Å². The Labute approximate surface area is 293 Å². The number of hydrogen-bond acceptors (Lipinski definition) is 8. The van der Waals surface area contributed by atoms with E-state index in [9.17, 15) is 31.5 Å². The number of aromatic amines is 1. The van der Waals surface area contributed by atoms with Gasteiger partial charge in [0, 0.05) is 19.2 Å². The van der Waals surface area contributed by atoms with Crippen molar-refractivity contribution in [2.45, 2.75) is 121 Å². The van der Waals surface area contributed by atoms with Gasteiger partial charge in [0.05, 0.1) is 46.3 Å². The van der Waals surface area contributed by atoms with E-state index >= 15 is 0 Å². The summed E-state index contributed by atoms with van der Waals surface area (Å²) in [5, 5.41) is 17.2. The second kappa shape index (κ2) is 19.0. The van der Waals surface area contributed by atoms with Crippen molar-refractivity contribution in [1.82, 2.24) is 25.3 Å². The number of carbonyl (C=O) groups excluding carboxylic acids is 2. The summed E-state index contributed by atoms with van der Waals surface area (Å²) in [6, 6.07) is 7.46. The Hall–Kier alpha value is -2.81. The number of sulfonamides is 1. The molecule has 2 amide bonds. The van der Waals surface area contributed by atoms with Gasteiger partial charge in [-0.25, -0.2) is 26.5 Å². The van der Waals surface area contributed by atoms with Crippen LogP contribution in [0.5, 0.6) is 0 Å². The van der Waals surface area contributed by atoms with Gasteiger partial charge in [-0.3, -0.25) is 9.59 Å². The molecule has 0 spiro atoms. The van der Waals surface area contributed by atoms with Gasteiger partial charge in [-0.05, 0) is 64.4 Å². The van der Waals surface area contributed by atoms with Gasteiger partial charge in [-0.2, -0.15) is 0 Å². The fraction of sp³-hybridized carbons (Fsp3) is 0.686. The molecule has 2 aromatic rings. The van der Waals surface area contributed by atoms with E-state index in [-0.39, 0.29) is 37.3 Å². The maximum absolute atomic E-state index is 14.0. The van der Waals surface area contributed by atoms with Crippen LogP contribution in [-0.4, -0.2) is 84.7 Å². The molecular formula is C35H57N5O7S2. The van der Waals surface area contributed by atoms with Crippen molar-refractivity contribution in [2.75, 3.05) is 18.1 Å². The number of hydrogen-bond donors (Lipinski definition) is 5. The van der Waals surface area contributed by atoms with Gasteiger partial charge in [0.1, 0.15) is 6.04 Å². The van der Waals surface area contributed by atoms with Crippen LogP contribution < -0.4 is 15.4 Å². The number of amides is 2. The summed E-state index contributed by atoms with van der Waals surface area (Å²) >= 11 is 0.